The number of aliphatic carboxylic acids is 1. The monoisotopic (exact) mass is 367 g/mol. The number of methoxy groups -OCH3 is 2. The second-order valence-corrected chi connectivity index (χ2v) is 5.80. The predicted octanol–water partition coefficient (Wildman–Crippen LogP) is 1.11. The van der Waals surface area contributed by atoms with Crippen LogP contribution in [0.25, 0.3) is 0 Å². The Bertz CT molecular complexity index is 709. The highest BCUT2D eigenvalue weighted by atomic mass is 32.2. The molecule has 1 unspecified atom stereocenters. The van der Waals surface area contributed by atoms with Gasteiger partial charge in [-0.05, 0) is 19.1 Å². The van der Waals surface area contributed by atoms with Crippen LogP contribution < -0.4 is 19.5 Å². The van der Waals surface area contributed by atoms with Gasteiger partial charge < -0.3 is 24.6 Å². The van der Waals surface area contributed by atoms with Gasteiger partial charge in [-0.2, -0.15) is 5.10 Å². The predicted molar refractivity (Wildman–Crippen MR) is 92.9 cm³/mol. The van der Waals surface area contributed by atoms with Crippen molar-refractivity contribution in [3.05, 3.63) is 17.7 Å². The topological polar surface area (TPSA) is 119 Å². The first-order chi connectivity index (χ1) is 11.9. The lowest BCUT2D eigenvalue weighted by Crippen LogP contribution is -2.23. The number of hydrogen-bond acceptors (Lipinski definition) is 8. The first kappa shape index (κ1) is 18.6. The van der Waals surface area contributed by atoms with Crippen molar-refractivity contribution in [3.63, 3.8) is 0 Å². The van der Waals surface area contributed by atoms with Crippen molar-refractivity contribution in [1.29, 1.82) is 0 Å². The molecule has 1 fully saturated rings. The number of carboxylic acid groups (broad SMARTS) is 1. The van der Waals surface area contributed by atoms with Gasteiger partial charge in [0, 0.05) is 5.56 Å². The van der Waals surface area contributed by atoms with Crippen LogP contribution in [0, 0.1) is 0 Å². The maximum atomic E-state index is 11.1. The number of nitrogens with one attached hydrogen (secondary N) is 1. The average molecular weight is 367 g/mol. The Kier molecular flexibility index (Phi) is 6.23. The molecule has 25 heavy (non-hydrogen) atoms. The highest BCUT2D eigenvalue weighted by Gasteiger charge is 2.20. The van der Waals surface area contributed by atoms with Gasteiger partial charge in [-0.1, -0.05) is 11.8 Å². The molecule has 10 heteroatoms. The Labute approximate surface area is 148 Å². The van der Waals surface area contributed by atoms with Gasteiger partial charge in [0.1, 0.15) is 0 Å². The summed E-state index contributed by atoms with van der Waals surface area (Å²) in [6.07, 6.45) is 0.379. The Balaban J connectivity index is 2.25. The summed E-state index contributed by atoms with van der Waals surface area (Å²) in [5, 5.41) is 19.8. The Morgan fingerprint density at radius 3 is 2.48 bits per heavy atom. The number of thioether (sulfide) groups is 1. The molecule has 0 aliphatic carbocycles. The molecular weight excluding hydrogens is 350 g/mol. The molecule has 0 aromatic heterocycles. The molecule has 0 spiro atoms. The summed E-state index contributed by atoms with van der Waals surface area (Å²) in [7, 11) is 2.86. The van der Waals surface area contributed by atoms with Crippen molar-refractivity contribution in [1.82, 2.24) is 5.32 Å². The number of ether oxygens (including phenoxy) is 3. The number of carboxylic acids is 1. The van der Waals surface area contributed by atoms with E-state index in [9.17, 15) is 9.59 Å². The lowest BCUT2D eigenvalue weighted by atomic mass is 10.2. The summed E-state index contributed by atoms with van der Waals surface area (Å²) < 4.78 is 15.9. The van der Waals surface area contributed by atoms with E-state index in [4.69, 9.17) is 19.3 Å². The number of benzene rings is 1. The summed E-state index contributed by atoms with van der Waals surface area (Å²) in [5.74, 6) is -0.126. The molecule has 1 amide bonds. The van der Waals surface area contributed by atoms with E-state index in [2.05, 4.69) is 15.5 Å². The van der Waals surface area contributed by atoms with Crippen LogP contribution in [0.15, 0.2) is 22.3 Å². The average Bonchev–Trinajstić information content (AvgIpc) is 3.00. The molecule has 1 aromatic carbocycles. The molecule has 1 aromatic rings. The number of amidine groups is 1. The van der Waals surface area contributed by atoms with Crippen LogP contribution in [0.5, 0.6) is 17.2 Å². The van der Waals surface area contributed by atoms with E-state index in [0.717, 1.165) is 0 Å². The van der Waals surface area contributed by atoms with Crippen LogP contribution >= 0.6 is 11.8 Å². The van der Waals surface area contributed by atoms with Gasteiger partial charge in [0.25, 0.3) is 0 Å². The molecule has 1 aliphatic heterocycles. The third-order valence-corrected chi connectivity index (χ3v) is 3.93. The first-order valence-electron chi connectivity index (χ1n) is 7.13. The highest BCUT2D eigenvalue weighted by molar-refractivity contribution is 8.15. The van der Waals surface area contributed by atoms with Crippen molar-refractivity contribution in [2.45, 2.75) is 13.0 Å². The summed E-state index contributed by atoms with van der Waals surface area (Å²) >= 11 is 1.26. The van der Waals surface area contributed by atoms with E-state index in [-0.39, 0.29) is 11.7 Å². The number of hydrogen-bond donors (Lipinski definition) is 2. The van der Waals surface area contributed by atoms with E-state index >= 15 is 0 Å². The second-order valence-electron chi connectivity index (χ2n) is 4.84. The highest BCUT2D eigenvalue weighted by Crippen LogP contribution is 2.38. The third-order valence-electron chi connectivity index (χ3n) is 3.07. The van der Waals surface area contributed by atoms with Crippen molar-refractivity contribution in [3.8, 4) is 17.2 Å². The minimum absolute atomic E-state index is 0.114. The van der Waals surface area contributed by atoms with Crippen molar-refractivity contribution in [2.75, 3.05) is 20.0 Å². The Morgan fingerprint density at radius 1 is 1.36 bits per heavy atom. The summed E-state index contributed by atoms with van der Waals surface area (Å²) in [5.41, 5.74) is 0.600. The maximum Gasteiger partial charge on any atom is 0.344 e. The normalized spacial score (nSPS) is 16.8. The second kappa shape index (κ2) is 8.38. The smallest absolute Gasteiger partial charge is 0.344 e. The van der Waals surface area contributed by atoms with Crippen LogP contribution in [0.3, 0.4) is 0 Å². The molecule has 0 saturated carbocycles. The number of carbonyl (C=O) groups excluding carboxylic acids is 1. The van der Waals surface area contributed by atoms with Gasteiger partial charge in [0.05, 0.1) is 26.2 Å². The molecule has 1 atom stereocenters. The molecule has 2 rings (SSSR count). The number of nitrogens with zero attached hydrogens (tertiary/aromatic N) is 2. The largest absolute Gasteiger partial charge is 0.493 e. The fraction of sp³-hybridized carbons (Fsp3) is 0.333. The standard InChI is InChI=1S/C15H17N3O6S/c1-8(14(20)21)24-13-10(22-2)4-9(5-11(13)23-3)6-16-18-15-17-12(19)7-25-15/h4-6,8H,7H2,1-3H3,(H,20,21)(H,17,18,19). The van der Waals surface area contributed by atoms with E-state index in [1.165, 1.54) is 39.1 Å². The number of carbonyl (C=O) groups is 2. The fourth-order valence-corrected chi connectivity index (χ4v) is 2.48. The van der Waals surface area contributed by atoms with Gasteiger partial charge in [-0.3, -0.25) is 4.79 Å². The van der Waals surface area contributed by atoms with E-state index in [1.54, 1.807) is 12.1 Å². The number of rotatable bonds is 7. The number of amides is 1. The summed E-state index contributed by atoms with van der Waals surface area (Å²) in [6, 6.07) is 3.22. The van der Waals surface area contributed by atoms with Gasteiger partial charge in [0.2, 0.25) is 11.7 Å². The maximum absolute atomic E-state index is 11.1. The lowest BCUT2D eigenvalue weighted by molar-refractivity contribution is -0.144. The molecule has 134 valence electrons. The zero-order valence-corrected chi connectivity index (χ0v) is 14.6. The Hall–Kier alpha value is -2.75. The molecule has 2 N–H and O–H groups in total. The quantitative estimate of drug-likeness (QED) is 0.547. The fourth-order valence-electron chi connectivity index (χ4n) is 1.85. The summed E-state index contributed by atoms with van der Waals surface area (Å²) in [4.78, 5) is 22.1. The van der Waals surface area contributed by atoms with Crippen LogP contribution in [0.1, 0.15) is 12.5 Å². The van der Waals surface area contributed by atoms with Crippen molar-refractivity contribution < 1.29 is 28.9 Å². The van der Waals surface area contributed by atoms with Crippen LogP contribution in [-0.2, 0) is 9.59 Å². The molecule has 0 radical (unpaired) electrons. The SMILES string of the molecule is COc1cc(C=NN=C2NC(=O)CS2)cc(OC)c1OC(C)C(=O)O. The van der Waals surface area contributed by atoms with Crippen LogP contribution in [0.4, 0.5) is 0 Å². The van der Waals surface area contributed by atoms with Crippen molar-refractivity contribution in [2.24, 2.45) is 10.2 Å². The van der Waals surface area contributed by atoms with Crippen molar-refractivity contribution >= 4 is 35.0 Å². The zero-order valence-electron chi connectivity index (χ0n) is 13.8. The molecule has 9 nitrogen and oxygen atoms in total. The Morgan fingerprint density at radius 2 is 2.00 bits per heavy atom. The van der Waals surface area contributed by atoms with E-state index in [0.29, 0.717) is 28.0 Å². The molecule has 0 bridgehead atoms. The summed E-state index contributed by atoms with van der Waals surface area (Å²) in [6.45, 7) is 1.40. The first-order valence-corrected chi connectivity index (χ1v) is 8.12. The van der Waals surface area contributed by atoms with Crippen LogP contribution in [0.2, 0.25) is 0 Å². The minimum Gasteiger partial charge on any atom is -0.493 e. The third kappa shape index (κ3) is 4.86. The molecule has 1 aliphatic rings. The zero-order chi connectivity index (χ0) is 18.4. The molecule has 1 heterocycles. The van der Waals surface area contributed by atoms with Gasteiger partial charge in [-0.25, -0.2) is 4.79 Å². The minimum atomic E-state index is -1.11. The van der Waals surface area contributed by atoms with Gasteiger partial charge >= 0.3 is 5.97 Å². The lowest BCUT2D eigenvalue weighted by Gasteiger charge is -2.17. The van der Waals surface area contributed by atoms with Gasteiger partial charge in [0.15, 0.2) is 22.8 Å². The van der Waals surface area contributed by atoms with E-state index in [1.807, 2.05) is 0 Å². The molecular formula is C15H17N3O6S. The van der Waals surface area contributed by atoms with E-state index < -0.39 is 12.1 Å². The van der Waals surface area contributed by atoms with Gasteiger partial charge in [-0.15, -0.1) is 5.10 Å². The van der Waals surface area contributed by atoms with Crippen LogP contribution in [-0.4, -0.2) is 54.4 Å². The molecule has 1 saturated heterocycles.